The zero-order valence-corrected chi connectivity index (χ0v) is 7.16. The molecule has 64 valence electrons. The highest BCUT2D eigenvalue weighted by Gasteiger charge is 2.20. The molecule has 0 fully saturated rings. The van der Waals surface area contributed by atoms with Crippen molar-refractivity contribution in [3.8, 4) is 0 Å². The van der Waals surface area contributed by atoms with Crippen LogP contribution in [-0.4, -0.2) is 24.7 Å². The molecule has 0 amide bonds. The standard InChI is InChI=1S/C8H11N3O/c1-8(2)4-9-7-6(3-11-8)10-5-12-7/h3-4,10H,5H2,1-2H3. The molecule has 2 heterocycles. The van der Waals surface area contributed by atoms with E-state index < -0.39 is 0 Å². The van der Waals surface area contributed by atoms with Crippen molar-refractivity contribution in [2.45, 2.75) is 19.4 Å². The van der Waals surface area contributed by atoms with Crippen molar-refractivity contribution in [3.63, 3.8) is 0 Å². The summed E-state index contributed by atoms with van der Waals surface area (Å²) in [6.07, 6.45) is 3.56. The maximum absolute atomic E-state index is 5.21. The molecule has 0 aromatic heterocycles. The van der Waals surface area contributed by atoms with E-state index in [0.717, 1.165) is 5.70 Å². The third-order valence-corrected chi connectivity index (χ3v) is 1.73. The Morgan fingerprint density at radius 2 is 2.42 bits per heavy atom. The number of aliphatic imine (C=N–C) groups is 2. The maximum atomic E-state index is 5.21. The molecule has 0 aromatic carbocycles. The molecule has 2 rings (SSSR count). The van der Waals surface area contributed by atoms with E-state index in [0.29, 0.717) is 12.6 Å². The monoisotopic (exact) mass is 165 g/mol. The molecule has 1 N–H and O–H groups in total. The molecule has 0 bridgehead atoms. The summed E-state index contributed by atoms with van der Waals surface area (Å²) in [5.41, 5.74) is 0.645. The largest absolute Gasteiger partial charge is 0.455 e. The first-order chi connectivity index (χ1) is 5.67. The van der Waals surface area contributed by atoms with Crippen molar-refractivity contribution in [1.29, 1.82) is 0 Å². The Morgan fingerprint density at radius 1 is 1.58 bits per heavy atom. The van der Waals surface area contributed by atoms with Crippen LogP contribution in [0, 0.1) is 0 Å². The van der Waals surface area contributed by atoms with Gasteiger partial charge in [-0.3, -0.25) is 4.99 Å². The Kier molecular flexibility index (Phi) is 1.43. The minimum atomic E-state index is -0.227. The van der Waals surface area contributed by atoms with Crippen molar-refractivity contribution in [3.05, 3.63) is 11.6 Å². The van der Waals surface area contributed by atoms with E-state index in [-0.39, 0.29) is 5.54 Å². The first-order valence-corrected chi connectivity index (χ1v) is 3.89. The van der Waals surface area contributed by atoms with Gasteiger partial charge in [0.25, 0.3) is 0 Å². The fourth-order valence-corrected chi connectivity index (χ4v) is 1.02. The van der Waals surface area contributed by atoms with Gasteiger partial charge in [-0.1, -0.05) is 0 Å². The second-order valence-corrected chi connectivity index (χ2v) is 3.35. The maximum Gasteiger partial charge on any atom is 0.240 e. The van der Waals surface area contributed by atoms with Crippen LogP contribution in [0.15, 0.2) is 21.6 Å². The lowest BCUT2D eigenvalue weighted by Crippen LogP contribution is -2.19. The quantitative estimate of drug-likeness (QED) is 0.573. The van der Waals surface area contributed by atoms with E-state index in [1.165, 1.54) is 0 Å². The van der Waals surface area contributed by atoms with E-state index in [4.69, 9.17) is 4.74 Å². The van der Waals surface area contributed by atoms with E-state index in [1.54, 1.807) is 12.4 Å². The Bertz CT molecular complexity index is 263. The summed E-state index contributed by atoms with van der Waals surface area (Å²) in [4.78, 5) is 8.51. The third kappa shape index (κ3) is 1.20. The second kappa shape index (κ2) is 2.33. The number of rotatable bonds is 0. The van der Waals surface area contributed by atoms with Gasteiger partial charge in [0.2, 0.25) is 5.88 Å². The first kappa shape index (κ1) is 7.34. The van der Waals surface area contributed by atoms with Crippen molar-refractivity contribution < 1.29 is 4.74 Å². The number of ether oxygens (including phenoxy) is 1. The van der Waals surface area contributed by atoms with Crippen LogP contribution in [0.5, 0.6) is 0 Å². The van der Waals surface area contributed by atoms with Crippen LogP contribution >= 0.6 is 0 Å². The fourth-order valence-electron chi connectivity index (χ4n) is 1.02. The van der Waals surface area contributed by atoms with Crippen LogP contribution in [-0.2, 0) is 4.74 Å². The summed E-state index contributed by atoms with van der Waals surface area (Å²) >= 11 is 0. The van der Waals surface area contributed by atoms with Gasteiger partial charge in [-0.15, -0.1) is 0 Å². The van der Waals surface area contributed by atoms with Crippen LogP contribution in [0.1, 0.15) is 13.8 Å². The molecule has 4 heteroatoms. The van der Waals surface area contributed by atoms with Crippen molar-refractivity contribution in [1.82, 2.24) is 5.32 Å². The zero-order valence-electron chi connectivity index (χ0n) is 7.16. The van der Waals surface area contributed by atoms with E-state index in [9.17, 15) is 0 Å². The van der Waals surface area contributed by atoms with Gasteiger partial charge in [-0.25, -0.2) is 4.99 Å². The Balaban J connectivity index is 2.34. The molecule has 0 aromatic rings. The Morgan fingerprint density at radius 3 is 3.25 bits per heavy atom. The lowest BCUT2D eigenvalue weighted by Gasteiger charge is -2.10. The molecule has 0 radical (unpaired) electrons. The molecular weight excluding hydrogens is 154 g/mol. The minimum Gasteiger partial charge on any atom is -0.455 e. The van der Waals surface area contributed by atoms with Gasteiger partial charge in [-0.2, -0.15) is 0 Å². The second-order valence-electron chi connectivity index (χ2n) is 3.35. The van der Waals surface area contributed by atoms with Gasteiger partial charge in [-0.05, 0) is 13.8 Å². The van der Waals surface area contributed by atoms with Gasteiger partial charge in [0.1, 0.15) is 5.70 Å². The molecule has 0 aliphatic carbocycles. The fraction of sp³-hybridized carbons (Fsp3) is 0.500. The summed E-state index contributed by atoms with van der Waals surface area (Å²) in [6.45, 7) is 4.48. The summed E-state index contributed by atoms with van der Waals surface area (Å²) in [7, 11) is 0. The zero-order chi connectivity index (χ0) is 8.60. The average Bonchev–Trinajstić information content (AvgIpc) is 2.40. The SMILES string of the molecule is CC1(C)C=NC2=C(C=N1)NCO2. The molecule has 2 aliphatic rings. The summed E-state index contributed by atoms with van der Waals surface area (Å²) in [5, 5.41) is 3.03. The topological polar surface area (TPSA) is 46.0 Å². The predicted octanol–water partition coefficient (Wildman–Crippen LogP) is 0.667. The van der Waals surface area contributed by atoms with Crippen LogP contribution in [0.3, 0.4) is 0 Å². The van der Waals surface area contributed by atoms with Crippen LogP contribution in [0.25, 0.3) is 0 Å². The highest BCUT2D eigenvalue weighted by Crippen LogP contribution is 2.16. The smallest absolute Gasteiger partial charge is 0.240 e. The van der Waals surface area contributed by atoms with Crippen molar-refractivity contribution >= 4 is 12.4 Å². The van der Waals surface area contributed by atoms with Crippen molar-refractivity contribution in [2.24, 2.45) is 9.98 Å². The van der Waals surface area contributed by atoms with E-state index >= 15 is 0 Å². The van der Waals surface area contributed by atoms with Crippen LogP contribution < -0.4 is 5.32 Å². The van der Waals surface area contributed by atoms with Crippen molar-refractivity contribution in [2.75, 3.05) is 6.73 Å². The molecule has 0 unspecified atom stereocenters. The van der Waals surface area contributed by atoms with Gasteiger partial charge in [0.15, 0.2) is 6.73 Å². The highest BCUT2D eigenvalue weighted by molar-refractivity contribution is 5.85. The molecule has 2 aliphatic heterocycles. The van der Waals surface area contributed by atoms with Gasteiger partial charge in [0.05, 0.1) is 11.8 Å². The highest BCUT2D eigenvalue weighted by atomic mass is 16.5. The first-order valence-electron chi connectivity index (χ1n) is 3.89. The lowest BCUT2D eigenvalue weighted by molar-refractivity contribution is 0.231. The molecular formula is C8H11N3O. The number of hydrogen-bond donors (Lipinski definition) is 1. The molecule has 0 saturated carbocycles. The summed E-state index contributed by atoms with van der Waals surface area (Å²) < 4.78 is 5.21. The number of nitrogens with zero attached hydrogens (tertiary/aromatic N) is 2. The lowest BCUT2D eigenvalue weighted by atomic mass is 10.1. The minimum absolute atomic E-state index is 0.227. The van der Waals surface area contributed by atoms with Gasteiger partial charge >= 0.3 is 0 Å². The molecule has 0 spiro atoms. The Hall–Kier alpha value is -1.32. The number of hydrogen-bond acceptors (Lipinski definition) is 4. The third-order valence-electron chi connectivity index (χ3n) is 1.73. The number of nitrogens with one attached hydrogen (secondary N) is 1. The van der Waals surface area contributed by atoms with Crippen LogP contribution in [0.4, 0.5) is 0 Å². The van der Waals surface area contributed by atoms with E-state index in [1.807, 2.05) is 13.8 Å². The summed E-state index contributed by atoms with van der Waals surface area (Å²) in [5.74, 6) is 0.643. The van der Waals surface area contributed by atoms with Gasteiger partial charge in [0, 0.05) is 6.21 Å². The normalized spacial score (nSPS) is 24.5. The number of allylic oxidation sites excluding steroid dienone is 1. The molecule has 0 atom stereocenters. The average molecular weight is 165 g/mol. The molecule has 4 nitrogen and oxygen atoms in total. The van der Waals surface area contributed by atoms with Crippen LogP contribution in [0.2, 0.25) is 0 Å². The Labute approximate surface area is 71.0 Å². The van der Waals surface area contributed by atoms with Gasteiger partial charge < -0.3 is 10.1 Å². The summed E-state index contributed by atoms with van der Waals surface area (Å²) in [6, 6.07) is 0. The molecule has 0 saturated heterocycles. The van der Waals surface area contributed by atoms with E-state index in [2.05, 4.69) is 15.3 Å². The predicted molar refractivity (Wildman–Crippen MR) is 47.2 cm³/mol. The molecule has 12 heavy (non-hydrogen) atoms.